The van der Waals surface area contributed by atoms with Gasteiger partial charge in [-0.2, -0.15) is 0 Å². The van der Waals surface area contributed by atoms with Gasteiger partial charge in [0.25, 0.3) is 0 Å². The molecular formula is C29H36N4O3S. The van der Waals surface area contributed by atoms with Gasteiger partial charge < -0.3 is 5.41 Å². The quantitative estimate of drug-likeness (QED) is 0.352. The van der Waals surface area contributed by atoms with Crippen LogP contribution in [0.1, 0.15) is 84.9 Å². The Morgan fingerprint density at radius 1 is 0.973 bits per heavy atom. The highest BCUT2D eigenvalue weighted by Crippen LogP contribution is 2.36. The standard InChI is InChI=1S/C29H36N4O3S/c1-19(33-15-4-16-33)20-13-14-32-29(18-20)37(35,36)28(31)12-11-27(34)26(30)10-9-25-23-7-2-5-21(23)17-22-6-3-8-24(22)25/h13-14,17-19,30-31H,2-12,15-16H2,1H3/t19-/m1/s1. The molecule has 5 rings (SSSR count). The maximum Gasteiger partial charge on any atom is 0.236 e. The summed E-state index contributed by atoms with van der Waals surface area (Å²) in [5.74, 6) is -0.378. The highest BCUT2D eigenvalue weighted by Gasteiger charge is 2.28. The van der Waals surface area contributed by atoms with E-state index in [1.54, 1.807) is 6.07 Å². The van der Waals surface area contributed by atoms with Crippen molar-refractivity contribution >= 4 is 26.4 Å². The first kappa shape index (κ1) is 25.9. The molecule has 0 unspecified atom stereocenters. The number of hydrogen-bond acceptors (Lipinski definition) is 7. The molecule has 1 atom stereocenters. The highest BCUT2D eigenvalue weighted by atomic mass is 32.2. The van der Waals surface area contributed by atoms with E-state index in [1.165, 1.54) is 46.9 Å². The van der Waals surface area contributed by atoms with Gasteiger partial charge in [0.1, 0.15) is 5.04 Å². The third-order valence-electron chi connectivity index (χ3n) is 8.42. The van der Waals surface area contributed by atoms with Gasteiger partial charge in [-0.1, -0.05) is 6.07 Å². The maximum atomic E-state index is 13.0. The number of Topliss-reactive ketones (excluding diaryl/α,β-unsaturated/α-hetero) is 1. The van der Waals surface area contributed by atoms with E-state index in [0.717, 1.165) is 50.8 Å². The zero-order valence-electron chi connectivity index (χ0n) is 21.6. The molecule has 1 aliphatic heterocycles. The normalized spacial score (nSPS) is 17.6. The van der Waals surface area contributed by atoms with Gasteiger partial charge in [0.05, 0.1) is 5.71 Å². The molecule has 3 aliphatic rings. The zero-order chi connectivity index (χ0) is 26.2. The summed E-state index contributed by atoms with van der Waals surface area (Å²) >= 11 is 0. The van der Waals surface area contributed by atoms with Gasteiger partial charge in [-0.3, -0.25) is 15.1 Å². The number of carbonyl (C=O) groups excluding carboxylic acids is 1. The second kappa shape index (κ2) is 10.6. The number of aromatic nitrogens is 1. The number of nitrogens with zero attached hydrogens (tertiary/aromatic N) is 2. The Balaban J connectivity index is 1.18. The lowest BCUT2D eigenvalue weighted by molar-refractivity contribution is -0.113. The summed E-state index contributed by atoms with van der Waals surface area (Å²) in [7, 11) is -4.07. The van der Waals surface area contributed by atoms with Crippen LogP contribution >= 0.6 is 0 Å². The van der Waals surface area contributed by atoms with E-state index in [-0.39, 0.29) is 35.4 Å². The van der Waals surface area contributed by atoms with Crippen molar-refractivity contribution in [1.82, 2.24) is 9.88 Å². The molecule has 0 spiro atoms. The van der Waals surface area contributed by atoms with Crippen LogP contribution in [-0.2, 0) is 46.7 Å². The maximum absolute atomic E-state index is 13.0. The third-order valence-corrected chi connectivity index (χ3v) is 10.0. The minimum absolute atomic E-state index is 0.0241. The number of ketones is 1. The van der Waals surface area contributed by atoms with Crippen molar-refractivity contribution in [2.75, 3.05) is 13.1 Å². The van der Waals surface area contributed by atoms with Crippen LogP contribution in [0, 0.1) is 10.8 Å². The Morgan fingerprint density at radius 3 is 2.27 bits per heavy atom. The molecule has 1 saturated heterocycles. The van der Waals surface area contributed by atoms with E-state index in [0.29, 0.717) is 12.8 Å². The predicted molar refractivity (Wildman–Crippen MR) is 145 cm³/mol. The summed E-state index contributed by atoms with van der Waals surface area (Å²) in [6, 6.07) is 5.84. The fraction of sp³-hybridized carbons (Fsp3) is 0.517. The first-order valence-electron chi connectivity index (χ1n) is 13.5. The lowest BCUT2D eigenvalue weighted by atomic mass is 9.90. The molecule has 0 radical (unpaired) electrons. The van der Waals surface area contributed by atoms with Crippen LogP contribution in [0.5, 0.6) is 0 Å². The first-order valence-corrected chi connectivity index (χ1v) is 15.0. The Kier molecular flexibility index (Phi) is 7.41. The van der Waals surface area contributed by atoms with Gasteiger partial charge in [0.15, 0.2) is 10.8 Å². The molecule has 2 heterocycles. The number of benzene rings is 1. The summed E-state index contributed by atoms with van der Waals surface area (Å²) < 4.78 is 26.0. The highest BCUT2D eigenvalue weighted by molar-refractivity contribution is 8.06. The van der Waals surface area contributed by atoms with Crippen molar-refractivity contribution in [3.05, 3.63) is 57.8 Å². The van der Waals surface area contributed by atoms with Gasteiger partial charge in [0.2, 0.25) is 9.84 Å². The van der Waals surface area contributed by atoms with Crippen LogP contribution in [0.4, 0.5) is 0 Å². The van der Waals surface area contributed by atoms with Crippen LogP contribution in [0.15, 0.2) is 29.4 Å². The second-order valence-electron chi connectivity index (χ2n) is 10.7. The van der Waals surface area contributed by atoms with Gasteiger partial charge >= 0.3 is 0 Å². The van der Waals surface area contributed by atoms with Gasteiger partial charge in [-0.15, -0.1) is 0 Å². The largest absolute Gasteiger partial charge is 0.302 e. The molecule has 0 amide bonds. The van der Waals surface area contributed by atoms with Crippen molar-refractivity contribution in [2.45, 2.75) is 88.6 Å². The molecule has 8 heteroatoms. The summed E-state index contributed by atoms with van der Waals surface area (Å²) in [6.45, 7) is 4.02. The van der Waals surface area contributed by atoms with Crippen LogP contribution in [-0.4, -0.2) is 47.9 Å². The van der Waals surface area contributed by atoms with Crippen molar-refractivity contribution in [1.29, 1.82) is 10.8 Å². The number of fused-ring (bicyclic) bond motifs is 2. The van der Waals surface area contributed by atoms with Crippen LogP contribution in [0.2, 0.25) is 0 Å². The number of rotatable bonds is 10. The number of likely N-dealkylation sites (tertiary alicyclic amines) is 1. The molecule has 2 N–H and O–H groups in total. The molecule has 1 aromatic heterocycles. The van der Waals surface area contributed by atoms with Crippen molar-refractivity contribution in [3.8, 4) is 0 Å². The second-order valence-corrected chi connectivity index (χ2v) is 12.6. The number of carbonyl (C=O) groups is 1. The predicted octanol–water partition coefficient (Wildman–Crippen LogP) is 4.58. The molecule has 2 aliphatic carbocycles. The SMILES string of the molecule is C[C@H](c1ccnc(S(=O)(=O)C(=N)CCC(=O)C(=N)CCc2c3c(cc4c2CCC4)CCC3)c1)N1CCC1. The van der Waals surface area contributed by atoms with Crippen LogP contribution in [0.25, 0.3) is 0 Å². The minimum atomic E-state index is -4.07. The molecule has 37 heavy (non-hydrogen) atoms. The summed E-state index contributed by atoms with van der Waals surface area (Å²) in [5, 5.41) is 15.9. The topological polar surface area (TPSA) is 115 Å². The van der Waals surface area contributed by atoms with E-state index in [9.17, 15) is 13.2 Å². The smallest absolute Gasteiger partial charge is 0.236 e. The third kappa shape index (κ3) is 5.18. The van der Waals surface area contributed by atoms with Crippen LogP contribution < -0.4 is 0 Å². The zero-order valence-corrected chi connectivity index (χ0v) is 22.4. The Labute approximate surface area is 219 Å². The monoisotopic (exact) mass is 520 g/mol. The molecular weight excluding hydrogens is 484 g/mol. The van der Waals surface area contributed by atoms with Crippen molar-refractivity contribution in [3.63, 3.8) is 0 Å². The molecule has 1 fully saturated rings. The molecule has 1 aromatic carbocycles. The molecule has 0 bridgehead atoms. The number of nitrogens with one attached hydrogen (secondary N) is 2. The average Bonchev–Trinajstić information content (AvgIpc) is 3.53. The molecule has 7 nitrogen and oxygen atoms in total. The van der Waals surface area contributed by atoms with Gasteiger partial charge in [0, 0.05) is 25.1 Å². The lowest BCUT2D eigenvalue weighted by Crippen LogP contribution is -2.39. The van der Waals surface area contributed by atoms with E-state index >= 15 is 0 Å². The van der Waals surface area contributed by atoms with Crippen molar-refractivity contribution < 1.29 is 13.2 Å². The van der Waals surface area contributed by atoms with Gasteiger partial charge in [-0.05, 0) is 123 Å². The van der Waals surface area contributed by atoms with E-state index in [2.05, 4.69) is 16.0 Å². The summed E-state index contributed by atoms with van der Waals surface area (Å²) in [5.41, 5.74) is 8.01. The van der Waals surface area contributed by atoms with E-state index < -0.39 is 14.9 Å². The Bertz CT molecular complexity index is 1330. The fourth-order valence-electron chi connectivity index (χ4n) is 6.03. The lowest BCUT2D eigenvalue weighted by Gasteiger charge is -2.36. The number of aryl methyl sites for hydroxylation is 2. The summed E-state index contributed by atoms with van der Waals surface area (Å²) in [6.07, 6.45) is 10.1. The van der Waals surface area contributed by atoms with Crippen LogP contribution in [0.3, 0.4) is 0 Å². The fourth-order valence-corrected chi connectivity index (χ4v) is 7.15. The number of sulfone groups is 1. The number of hydrogen-bond donors (Lipinski definition) is 2. The summed E-state index contributed by atoms with van der Waals surface area (Å²) in [4.78, 5) is 19.0. The molecule has 0 saturated carbocycles. The Hall–Kier alpha value is -2.71. The van der Waals surface area contributed by atoms with Gasteiger partial charge in [-0.25, -0.2) is 13.4 Å². The van der Waals surface area contributed by atoms with Crippen molar-refractivity contribution in [2.24, 2.45) is 0 Å². The minimum Gasteiger partial charge on any atom is -0.302 e. The molecule has 196 valence electrons. The number of pyridine rings is 1. The first-order chi connectivity index (χ1) is 17.8. The molecule has 2 aromatic rings. The average molecular weight is 521 g/mol. The van der Waals surface area contributed by atoms with E-state index in [4.69, 9.17) is 10.8 Å². The van der Waals surface area contributed by atoms with E-state index in [1.807, 2.05) is 13.0 Å². The Morgan fingerprint density at radius 2 is 1.65 bits per heavy atom.